The lowest BCUT2D eigenvalue weighted by atomic mass is 10.2. The molecule has 39 heavy (non-hydrogen) atoms. The Labute approximate surface area is 223 Å². The lowest BCUT2D eigenvalue weighted by Crippen LogP contribution is -2.22. The number of ether oxygens (including phenoxy) is 1. The Morgan fingerprint density at radius 1 is 1.08 bits per heavy atom. The molecule has 0 saturated carbocycles. The predicted octanol–water partition coefficient (Wildman–Crippen LogP) is 5.30. The molecule has 3 heterocycles. The zero-order valence-corrected chi connectivity index (χ0v) is 21.3. The van der Waals surface area contributed by atoms with E-state index < -0.39 is 11.8 Å². The molecule has 0 aliphatic heterocycles. The molecule has 0 bridgehead atoms. The van der Waals surface area contributed by atoms with E-state index in [-0.39, 0.29) is 18.0 Å². The average Bonchev–Trinajstić information content (AvgIpc) is 3.56. The van der Waals surface area contributed by atoms with Crippen LogP contribution in [-0.2, 0) is 20.1 Å². The second-order valence-electron chi connectivity index (χ2n) is 8.72. The third-order valence-electron chi connectivity index (χ3n) is 5.86. The highest BCUT2D eigenvalue weighted by molar-refractivity contribution is 5.99. The lowest BCUT2D eigenvalue weighted by Gasteiger charge is -2.12. The van der Waals surface area contributed by atoms with E-state index in [1.54, 1.807) is 64.2 Å². The summed E-state index contributed by atoms with van der Waals surface area (Å²) >= 11 is 0. The first kappa shape index (κ1) is 25.6. The highest BCUT2D eigenvalue weighted by Crippen LogP contribution is 2.28. The zero-order chi connectivity index (χ0) is 27.4. The standard InChI is InChI=1S/C28H26FN7O3/c1-3-20-12-27(36(34-20)21-6-4-5-18(11-21)17-37)33-28(38)32-25-8-7-22(13-24(25)29)39-23-9-10-30-26(14-23)19-15-31-35(2)16-19/h4-16,37H,3,17H2,1-2H3,(H2,32,33,38). The quantitative estimate of drug-likeness (QED) is 0.252. The molecule has 2 amide bonds. The molecule has 2 aromatic carbocycles. The molecule has 0 saturated heterocycles. The second kappa shape index (κ2) is 11.2. The number of carbonyl (C=O) groups is 1. The maximum absolute atomic E-state index is 14.9. The van der Waals surface area contributed by atoms with Crippen LogP contribution in [0.25, 0.3) is 16.9 Å². The first-order chi connectivity index (χ1) is 18.9. The molecule has 0 radical (unpaired) electrons. The Morgan fingerprint density at radius 3 is 2.67 bits per heavy atom. The summed E-state index contributed by atoms with van der Waals surface area (Å²) in [6.45, 7) is 1.83. The molecule has 11 heteroatoms. The number of aromatic nitrogens is 5. The SMILES string of the molecule is CCc1cc(NC(=O)Nc2ccc(Oc3ccnc(-c4cnn(C)c4)c3)cc2F)n(-c2cccc(CO)c2)n1. The van der Waals surface area contributed by atoms with Crippen molar-refractivity contribution in [3.05, 3.63) is 96.3 Å². The number of pyridine rings is 1. The molecule has 0 aliphatic carbocycles. The summed E-state index contributed by atoms with van der Waals surface area (Å²) in [5.74, 6) is 0.479. The number of halogens is 1. The van der Waals surface area contributed by atoms with Crippen molar-refractivity contribution >= 4 is 17.5 Å². The summed E-state index contributed by atoms with van der Waals surface area (Å²) in [4.78, 5) is 17.1. The minimum absolute atomic E-state index is 0.0188. The number of hydrogen-bond acceptors (Lipinski definition) is 6. The van der Waals surface area contributed by atoms with Crippen LogP contribution in [0, 0.1) is 5.82 Å². The Hall–Kier alpha value is -5.03. The highest BCUT2D eigenvalue weighted by Gasteiger charge is 2.15. The number of amides is 2. The van der Waals surface area contributed by atoms with Crippen molar-refractivity contribution in [2.75, 3.05) is 10.6 Å². The molecule has 0 aliphatic rings. The molecule has 3 aromatic heterocycles. The van der Waals surface area contributed by atoms with E-state index in [2.05, 4.69) is 25.8 Å². The fourth-order valence-corrected chi connectivity index (χ4v) is 3.93. The number of hydrogen-bond donors (Lipinski definition) is 3. The minimum Gasteiger partial charge on any atom is -0.457 e. The summed E-state index contributed by atoms with van der Waals surface area (Å²) < 4.78 is 24.0. The number of nitrogens with one attached hydrogen (secondary N) is 2. The van der Waals surface area contributed by atoms with Gasteiger partial charge in [0.1, 0.15) is 23.1 Å². The van der Waals surface area contributed by atoms with Crippen LogP contribution in [0.3, 0.4) is 0 Å². The van der Waals surface area contributed by atoms with Crippen LogP contribution in [0.2, 0.25) is 0 Å². The van der Waals surface area contributed by atoms with Crippen molar-refractivity contribution in [2.45, 2.75) is 20.0 Å². The van der Waals surface area contributed by atoms with Crippen LogP contribution in [0.15, 0.2) is 79.3 Å². The summed E-state index contributed by atoms with van der Waals surface area (Å²) in [7, 11) is 1.82. The molecule has 0 atom stereocenters. The largest absolute Gasteiger partial charge is 0.457 e. The van der Waals surface area contributed by atoms with E-state index in [4.69, 9.17) is 4.74 Å². The van der Waals surface area contributed by atoms with Gasteiger partial charge in [-0.1, -0.05) is 19.1 Å². The number of aliphatic hydroxyl groups is 1. The van der Waals surface area contributed by atoms with E-state index in [0.29, 0.717) is 34.9 Å². The van der Waals surface area contributed by atoms with Gasteiger partial charge in [0.25, 0.3) is 0 Å². The predicted molar refractivity (Wildman–Crippen MR) is 144 cm³/mol. The number of aliphatic hydroxyl groups excluding tert-OH is 1. The fraction of sp³-hybridized carbons (Fsp3) is 0.143. The van der Waals surface area contributed by atoms with Crippen molar-refractivity contribution in [2.24, 2.45) is 7.05 Å². The van der Waals surface area contributed by atoms with Crippen LogP contribution in [0.4, 0.5) is 20.7 Å². The molecule has 198 valence electrons. The first-order valence-electron chi connectivity index (χ1n) is 12.2. The van der Waals surface area contributed by atoms with Crippen molar-refractivity contribution in [1.82, 2.24) is 24.5 Å². The van der Waals surface area contributed by atoms with Gasteiger partial charge in [-0.15, -0.1) is 0 Å². The minimum atomic E-state index is -0.664. The highest BCUT2D eigenvalue weighted by atomic mass is 19.1. The normalized spacial score (nSPS) is 10.9. The number of anilines is 2. The zero-order valence-electron chi connectivity index (χ0n) is 21.3. The third-order valence-corrected chi connectivity index (χ3v) is 5.86. The maximum atomic E-state index is 14.9. The van der Waals surface area contributed by atoms with Gasteiger partial charge >= 0.3 is 6.03 Å². The van der Waals surface area contributed by atoms with E-state index in [1.165, 1.54) is 12.1 Å². The number of benzene rings is 2. The molecule has 5 rings (SSSR count). The first-order valence-corrected chi connectivity index (χ1v) is 12.2. The monoisotopic (exact) mass is 527 g/mol. The fourth-order valence-electron chi connectivity index (χ4n) is 3.93. The Balaban J connectivity index is 1.28. The molecule has 0 unspecified atom stereocenters. The van der Waals surface area contributed by atoms with Crippen LogP contribution in [0.1, 0.15) is 18.2 Å². The van der Waals surface area contributed by atoms with Crippen molar-refractivity contribution < 1.29 is 19.0 Å². The summed E-state index contributed by atoms with van der Waals surface area (Å²) in [6.07, 6.45) is 5.78. The second-order valence-corrected chi connectivity index (χ2v) is 8.72. The number of aryl methyl sites for hydroxylation is 2. The molecule has 0 fully saturated rings. The number of nitrogens with zero attached hydrogens (tertiary/aromatic N) is 5. The molecule has 10 nitrogen and oxygen atoms in total. The van der Waals surface area contributed by atoms with Gasteiger partial charge in [-0.3, -0.25) is 15.0 Å². The van der Waals surface area contributed by atoms with Crippen LogP contribution < -0.4 is 15.4 Å². The van der Waals surface area contributed by atoms with Crippen molar-refractivity contribution in [3.63, 3.8) is 0 Å². The van der Waals surface area contributed by atoms with E-state index in [0.717, 1.165) is 11.3 Å². The third kappa shape index (κ3) is 5.94. The summed E-state index contributed by atoms with van der Waals surface area (Å²) in [5, 5.41) is 23.4. The van der Waals surface area contributed by atoms with Gasteiger partial charge in [0.2, 0.25) is 0 Å². The van der Waals surface area contributed by atoms with E-state index in [9.17, 15) is 14.3 Å². The van der Waals surface area contributed by atoms with E-state index >= 15 is 0 Å². The van der Waals surface area contributed by atoms with Crippen LogP contribution >= 0.6 is 0 Å². The lowest BCUT2D eigenvalue weighted by molar-refractivity contribution is 0.262. The van der Waals surface area contributed by atoms with Gasteiger partial charge in [0.15, 0.2) is 0 Å². The summed E-state index contributed by atoms with van der Waals surface area (Å²) in [5.41, 5.74) is 3.62. The van der Waals surface area contributed by atoms with Gasteiger partial charge in [0, 0.05) is 43.2 Å². The van der Waals surface area contributed by atoms with Gasteiger partial charge in [0.05, 0.1) is 35.6 Å². The molecular weight excluding hydrogens is 501 g/mol. The summed E-state index contributed by atoms with van der Waals surface area (Å²) in [6, 6.07) is 15.9. The van der Waals surface area contributed by atoms with Crippen molar-refractivity contribution in [3.8, 4) is 28.4 Å². The van der Waals surface area contributed by atoms with Crippen LogP contribution in [0.5, 0.6) is 11.5 Å². The molecular formula is C28H26FN7O3. The molecule has 0 spiro atoms. The van der Waals surface area contributed by atoms with Crippen LogP contribution in [-0.4, -0.2) is 35.7 Å². The number of carbonyl (C=O) groups excluding carboxylic acids is 1. The topological polar surface area (TPSA) is 119 Å². The number of rotatable bonds is 8. The Bertz CT molecular complexity index is 1630. The maximum Gasteiger partial charge on any atom is 0.324 e. The Morgan fingerprint density at radius 2 is 1.92 bits per heavy atom. The van der Waals surface area contributed by atoms with Crippen molar-refractivity contribution in [1.29, 1.82) is 0 Å². The smallest absolute Gasteiger partial charge is 0.324 e. The van der Waals surface area contributed by atoms with Gasteiger partial charge in [-0.2, -0.15) is 10.2 Å². The van der Waals surface area contributed by atoms with Gasteiger partial charge in [-0.05, 0) is 42.3 Å². The molecule has 3 N–H and O–H groups in total. The molecule has 5 aromatic rings. The Kier molecular flexibility index (Phi) is 7.32. The number of urea groups is 1. The van der Waals surface area contributed by atoms with E-state index in [1.807, 2.05) is 26.2 Å². The van der Waals surface area contributed by atoms with Gasteiger partial charge < -0.3 is 15.2 Å². The van der Waals surface area contributed by atoms with Gasteiger partial charge in [-0.25, -0.2) is 13.9 Å². The average molecular weight is 528 g/mol.